The molecule has 1 amide bonds. The molecule has 0 aliphatic carbocycles. The van der Waals surface area contributed by atoms with Crippen molar-refractivity contribution in [2.24, 2.45) is 0 Å². The van der Waals surface area contributed by atoms with Crippen LogP contribution in [0.1, 0.15) is 27.8 Å². The van der Waals surface area contributed by atoms with Gasteiger partial charge in [-0.2, -0.15) is 18.4 Å². The van der Waals surface area contributed by atoms with Gasteiger partial charge in [-0.15, -0.1) is 0 Å². The fourth-order valence-corrected chi connectivity index (χ4v) is 4.13. The standard InChI is InChI=1S/C27H22BrF3N2O3/c1-16-7-17(2)9-19(8-16)15-36-25-23(28)11-18(12-24(25)35-3)10-20(14-32)26(34)33-22-6-4-5-21(13-22)27(29,30)31/h4-13H,15H2,1-3H3,(H,33,34)/b20-10+. The summed E-state index contributed by atoms with van der Waals surface area (Å²) < 4.78 is 50.8. The number of hydrogen-bond donors (Lipinski definition) is 1. The van der Waals surface area contributed by atoms with Crippen LogP contribution in [0.3, 0.4) is 0 Å². The first-order valence-electron chi connectivity index (χ1n) is 10.7. The van der Waals surface area contributed by atoms with E-state index in [0.29, 0.717) is 28.1 Å². The molecule has 0 unspecified atom stereocenters. The van der Waals surface area contributed by atoms with E-state index in [-0.39, 0.29) is 11.3 Å². The quantitative estimate of drug-likeness (QED) is 0.245. The van der Waals surface area contributed by atoms with E-state index >= 15 is 0 Å². The number of anilines is 1. The summed E-state index contributed by atoms with van der Waals surface area (Å²) >= 11 is 3.45. The number of ether oxygens (including phenoxy) is 2. The van der Waals surface area contributed by atoms with E-state index in [1.165, 1.54) is 25.3 Å². The lowest BCUT2D eigenvalue weighted by Crippen LogP contribution is -2.14. The van der Waals surface area contributed by atoms with Crippen LogP contribution in [-0.4, -0.2) is 13.0 Å². The van der Waals surface area contributed by atoms with E-state index in [1.54, 1.807) is 18.2 Å². The van der Waals surface area contributed by atoms with Crippen LogP contribution < -0.4 is 14.8 Å². The smallest absolute Gasteiger partial charge is 0.416 e. The van der Waals surface area contributed by atoms with Crippen molar-refractivity contribution in [2.75, 3.05) is 12.4 Å². The largest absolute Gasteiger partial charge is 0.493 e. The fraction of sp³-hybridized carbons (Fsp3) is 0.185. The molecular formula is C27H22BrF3N2O3. The second-order valence-electron chi connectivity index (χ2n) is 8.02. The molecule has 3 aromatic carbocycles. The average Bonchev–Trinajstić information content (AvgIpc) is 2.80. The molecule has 0 spiro atoms. The van der Waals surface area contributed by atoms with Gasteiger partial charge in [0.1, 0.15) is 18.2 Å². The Bertz CT molecular complexity index is 1340. The number of nitrogens with zero attached hydrogens (tertiary/aromatic N) is 1. The van der Waals surface area contributed by atoms with Crippen molar-refractivity contribution in [3.05, 3.63) is 92.5 Å². The zero-order chi connectivity index (χ0) is 26.5. The molecule has 0 radical (unpaired) electrons. The first-order chi connectivity index (χ1) is 17.0. The van der Waals surface area contributed by atoms with Crippen LogP contribution in [0.2, 0.25) is 0 Å². The number of aryl methyl sites for hydroxylation is 2. The molecule has 5 nitrogen and oxygen atoms in total. The number of carbonyl (C=O) groups is 1. The van der Waals surface area contributed by atoms with Gasteiger partial charge in [-0.3, -0.25) is 4.79 Å². The van der Waals surface area contributed by atoms with Crippen LogP contribution in [-0.2, 0) is 17.6 Å². The zero-order valence-corrected chi connectivity index (χ0v) is 21.3. The molecule has 3 aromatic rings. The first kappa shape index (κ1) is 26.8. The monoisotopic (exact) mass is 558 g/mol. The number of halogens is 4. The Hall–Kier alpha value is -3.77. The average molecular weight is 559 g/mol. The number of nitriles is 1. The second kappa shape index (κ2) is 11.3. The third kappa shape index (κ3) is 6.89. The van der Waals surface area contributed by atoms with E-state index in [9.17, 15) is 23.2 Å². The molecule has 0 aliphatic rings. The number of alkyl halides is 3. The fourth-order valence-electron chi connectivity index (χ4n) is 3.56. The summed E-state index contributed by atoms with van der Waals surface area (Å²) in [5.74, 6) is -0.0293. The van der Waals surface area contributed by atoms with Crippen molar-refractivity contribution in [1.82, 2.24) is 0 Å². The Balaban J connectivity index is 1.82. The van der Waals surface area contributed by atoms with Crippen molar-refractivity contribution in [3.8, 4) is 17.6 Å². The van der Waals surface area contributed by atoms with Crippen LogP contribution in [0.15, 0.2) is 64.6 Å². The Morgan fingerprint density at radius 2 is 1.81 bits per heavy atom. The third-order valence-electron chi connectivity index (χ3n) is 5.04. The predicted molar refractivity (Wildman–Crippen MR) is 135 cm³/mol. The lowest BCUT2D eigenvalue weighted by Gasteiger charge is -2.14. The van der Waals surface area contributed by atoms with E-state index < -0.39 is 17.6 Å². The Labute approximate surface area is 215 Å². The molecule has 9 heteroatoms. The van der Waals surface area contributed by atoms with Gasteiger partial charge in [-0.25, -0.2) is 0 Å². The van der Waals surface area contributed by atoms with Crippen LogP contribution in [0, 0.1) is 25.2 Å². The molecule has 0 saturated carbocycles. The summed E-state index contributed by atoms with van der Waals surface area (Å²) in [5.41, 5.74) is 2.39. The normalized spacial score (nSPS) is 11.6. The third-order valence-corrected chi connectivity index (χ3v) is 5.63. The number of benzene rings is 3. The second-order valence-corrected chi connectivity index (χ2v) is 8.88. The van der Waals surface area contributed by atoms with Gasteiger partial charge in [-0.05, 0) is 77.3 Å². The maximum atomic E-state index is 12.9. The molecule has 0 aromatic heterocycles. The van der Waals surface area contributed by atoms with Crippen molar-refractivity contribution in [3.63, 3.8) is 0 Å². The van der Waals surface area contributed by atoms with E-state index in [0.717, 1.165) is 28.8 Å². The summed E-state index contributed by atoms with van der Waals surface area (Å²) in [7, 11) is 1.46. The topological polar surface area (TPSA) is 71.3 Å². The van der Waals surface area contributed by atoms with Gasteiger partial charge in [0.05, 0.1) is 17.1 Å². The molecule has 0 bridgehead atoms. The maximum Gasteiger partial charge on any atom is 0.416 e. The van der Waals surface area contributed by atoms with Crippen molar-refractivity contribution < 1.29 is 27.4 Å². The lowest BCUT2D eigenvalue weighted by molar-refractivity contribution is -0.137. The molecule has 0 aliphatic heterocycles. The molecular weight excluding hydrogens is 537 g/mol. The number of amides is 1. The van der Waals surface area contributed by atoms with Crippen molar-refractivity contribution >= 4 is 33.6 Å². The van der Waals surface area contributed by atoms with E-state index in [2.05, 4.69) is 27.3 Å². The number of rotatable bonds is 7. The maximum absolute atomic E-state index is 12.9. The van der Waals surface area contributed by atoms with Crippen LogP contribution in [0.5, 0.6) is 11.5 Å². The molecule has 0 saturated heterocycles. The highest BCUT2D eigenvalue weighted by Crippen LogP contribution is 2.38. The molecule has 1 N–H and O–H groups in total. The van der Waals surface area contributed by atoms with E-state index in [1.807, 2.05) is 26.0 Å². The summed E-state index contributed by atoms with van der Waals surface area (Å²) in [6.45, 7) is 4.31. The summed E-state index contributed by atoms with van der Waals surface area (Å²) in [6, 6.07) is 15.3. The molecule has 0 heterocycles. The molecule has 186 valence electrons. The van der Waals surface area contributed by atoms with E-state index in [4.69, 9.17) is 9.47 Å². The van der Waals surface area contributed by atoms with Crippen LogP contribution in [0.25, 0.3) is 6.08 Å². The summed E-state index contributed by atoms with van der Waals surface area (Å²) in [4.78, 5) is 12.6. The minimum absolute atomic E-state index is 0.0788. The van der Waals surface area contributed by atoms with Gasteiger partial charge in [0.2, 0.25) is 0 Å². The molecule has 0 fully saturated rings. The lowest BCUT2D eigenvalue weighted by atomic mass is 10.1. The molecule has 3 rings (SSSR count). The zero-order valence-electron chi connectivity index (χ0n) is 19.7. The highest BCUT2D eigenvalue weighted by atomic mass is 79.9. The number of methoxy groups -OCH3 is 1. The Kier molecular flexibility index (Phi) is 8.43. The van der Waals surface area contributed by atoms with Gasteiger partial charge >= 0.3 is 6.18 Å². The Morgan fingerprint density at radius 3 is 2.42 bits per heavy atom. The molecule has 0 atom stereocenters. The van der Waals surface area contributed by atoms with Gasteiger partial charge in [0, 0.05) is 5.69 Å². The summed E-state index contributed by atoms with van der Waals surface area (Å²) in [5, 5.41) is 11.8. The summed E-state index contributed by atoms with van der Waals surface area (Å²) in [6.07, 6.45) is -3.25. The highest BCUT2D eigenvalue weighted by Gasteiger charge is 2.30. The number of nitrogens with one attached hydrogen (secondary N) is 1. The van der Waals surface area contributed by atoms with Crippen molar-refractivity contribution in [2.45, 2.75) is 26.6 Å². The van der Waals surface area contributed by atoms with Gasteiger partial charge in [0.15, 0.2) is 11.5 Å². The van der Waals surface area contributed by atoms with Gasteiger partial charge in [-0.1, -0.05) is 35.4 Å². The highest BCUT2D eigenvalue weighted by molar-refractivity contribution is 9.10. The number of hydrogen-bond acceptors (Lipinski definition) is 4. The SMILES string of the molecule is COc1cc(/C=C(\C#N)C(=O)Nc2cccc(C(F)(F)F)c2)cc(Br)c1OCc1cc(C)cc(C)c1. The van der Waals surface area contributed by atoms with Crippen molar-refractivity contribution in [1.29, 1.82) is 5.26 Å². The number of carbonyl (C=O) groups excluding carboxylic acids is 1. The molecule has 36 heavy (non-hydrogen) atoms. The van der Waals surface area contributed by atoms with Crippen LogP contribution >= 0.6 is 15.9 Å². The Morgan fingerprint density at radius 1 is 1.11 bits per heavy atom. The van der Waals surface area contributed by atoms with Gasteiger partial charge < -0.3 is 14.8 Å². The first-order valence-corrected chi connectivity index (χ1v) is 11.5. The predicted octanol–water partition coefficient (Wildman–Crippen LogP) is 7.22. The minimum Gasteiger partial charge on any atom is -0.493 e. The van der Waals surface area contributed by atoms with Gasteiger partial charge in [0.25, 0.3) is 5.91 Å². The minimum atomic E-state index is -4.56. The van der Waals surface area contributed by atoms with Crippen LogP contribution in [0.4, 0.5) is 18.9 Å².